The minimum absolute atomic E-state index is 0.238. The Kier molecular flexibility index (Phi) is 15.2. The van der Waals surface area contributed by atoms with Crippen molar-refractivity contribution in [1.29, 1.82) is 0 Å². The Morgan fingerprint density at radius 3 is 2.00 bits per heavy atom. The van der Waals surface area contributed by atoms with Crippen molar-refractivity contribution in [3.05, 3.63) is 71.8 Å². The standard InChI is InChI=1S/C35H49NO5/c37-28-18-8-6-4-2-1-3-5-7-15-24-32(38)34(39)36-27-17-16-23-31(36)35(40)41-33(30-21-13-10-14-22-30)26-25-29-19-11-9-12-20-29/h9-14,19-22,31,33,37H,1-8,15-18,23-28H2/t31?,33-/m1/s1. The maximum atomic E-state index is 13.5. The zero-order valence-electron chi connectivity index (χ0n) is 24.7. The molecule has 1 heterocycles. The molecule has 0 radical (unpaired) electrons. The molecule has 0 saturated carbocycles. The van der Waals surface area contributed by atoms with Gasteiger partial charge in [0.1, 0.15) is 12.1 Å². The number of carbonyl (C=O) groups excluding carboxylic acids is 3. The number of benzene rings is 2. The first-order valence-corrected chi connectivity index (χ1v) is 15.8. The third kappa shape index (κ3) is 11.8. The second kappa shape index (κ2) is 19.2. The molecule has 1 fully saturated rings. The molecule has 0 aromatic heterocycles. The van der Waals surface area contributed by atoms with Crippen molar-refractivity contribution in [3.63, 3.8) is 0 Å². The van der Waals surface area contributed by atoms with Crippen LogP contribution in [-0.4, -0.2) is 46.9 Å². The van der Waals surface area contributed by atoms with Crippen LogP contribution in [0.3, 0.4) is 0 Å². The number of aryl methyl sites for hydroxylation is 1. The summed E-state index contributed by atoms with van der Waals surface area (Å²) in [5.41, 5.74) is 2.11. The van der Waals surface area contributed by atoms with Gasteiger partial charge in [0.25, 0.3) is 5.91 Å². The van der Waals surface area contributed by atoms with Gasteiger partial charge in [0.2, 0.25) is 5.78 Å². The zero-order valence-corrected chi connectivity index (χ0v) is 24.7. The number of hydrogen-bond donors (Lipinski definition) is 1. The van der Waals surface area contributed by atoms with Crippen LogP contribution in [0, 0.1) is 0 Å². The number of esters is 1. The summed E-state index contributed by atoms with van der Waals surface area (Å²) in [5, 5.41) is 8.83. The summed E-state index contributed by atoms with van der Waals surface area (Å²) in [5.74, 6) is -1.34. The Morgan fingerprint density at radius 1 is 0.780 bits per heavy atom. The van der Waals surface area contributed by atoms with Gasteiger partial charge in [-0.1, -0.05) is 112 Å². The van der Waals surface area contributed by atoms with Crippen molar-refractivity contribution in [2.75, 3.05) is 13.2 Å². The van der Waals surface area contributed by atoms with Crippen LogP contribution in [0.15, 0.2) is 60.7 Å². The lowest BCUT2D eigenvalue weighted by Gasteiger charge is -2.34. The molecule has 2 aromatic carbocycles. The van der Waals surface area contributed by atoms with E-state index < -0.39 is 29.8 Å². The van der Waals surface area contributed by atoms with Crippen LogP contribution < -0.4 is 0 Å². The van der Waals surface area contributed by atoms with Crippen molar-refractivity contribution in [2.24, 2.45) is 0 Å². The molecule has 6 heteroatoms. The van der Waals surface area contributed by atoms with Gasteiger partial charge >= 0.3 is 5.97 Å². The number of nitrogens with zero attached hydrogens (tertiary/aromatic N) is 1. The Labute approximate surface area is 246 Å². The molecule has 0 spiro atoms. The highest BCUT2D eigenvalue weighted by Crippen LogP contribution is 2.27. The average Bonchev–Trinajstić information content (AvgIpc) is 3.02. The monoisotopic (exact) mass is 563 g/mol. The summed E-state index contributed by atoms with van der Waals surface area (Å²) in [4.78, 5) is 40.9. The second-order valence-corrected chi connectivity index (χ2v) is 11.3. The lowest BCUT2D eigenvalue weighted by Crippen LogP contribution is -2.51. The number of amides is 1. The second-order valence-electron chi connectivity index (χ2n) is 11.3. The number of ether oxygens (including phenoxy) is 1. The fraction of sp³-hybridized carbons (Fsp3) is 0.571. The van der Waals surface area contributed by atoms with Gasteiger partial charge < -0.3 is 14.7 Å². The number of likely N-dealkylation sites (tertiary alicyclic amines) is 1. The van der Waals surface area contributed by atoms with E-state index in [4.69, 9.17) is 9.84 Å². The Balaban J connectivity index is 1.46. The van der Waals surface area contributed by atoms with E-state index in [1.807, 2.05) is 48.5 Å². The molecule has 6 nitrogen and oxygen atoms in total. The molecular weight excluding hydrogens is 514 g/mol. The number of rotatable bonds is 19. The first-order chi connectivity index (χ1) is 20.1. The van der Waals surface area contributed by atoms with Gasteiger partial charge in [0.15, 0.2) is 0 Å². The lowest BCUT2D eigenvalue weighted by molar-refractivity contribution is -0.163. The van der Waals surface area contributed by atoms with Crippen molar-refractivity contribution in [1.82, 2.24) is 4.90 Å². The summed E-state index contributed by atoms with van der Waals surface area (Å²) in [6.45, 7) is 0.705. The van der Waals surface area contributed by atoms with Gasteiger partial charge in [-0.25, -0.2) is 4.79 Å². The topological polar surface area (TPSA) is 83.9 Å². The number of ketones is 1. The normalized spacial score (nSPS) is 15.8. The van der Waals surface area contributed by atoms with Gasteiger partial charge in [-0.3, -0.25) is 9.59 Å². The first kappa shape index (κ1) is 32.5. The van der Waals surface area contributed by atoms with Crippen LogP contribution >= 0.6 is 0 Å². The van der Waals surface area contributed by atoms with Crippen LogP contribution in [0.2, 0.25) is 0 Å². The number of hydrogen-bond acceptors (Lipinski definition) is 5. The maximum Gasteiger partial charge on any atom is 0.329 e. The minimum Gasteiger partial charge on any atom is -0.456 e. The zero-order chi connectivity index (χ0) is 29.1. The molecule has 1 amide bonds. The molecule has 224 valence electrons. The summed E-state index contributed by atoms with van der Waals surface area (Å²) in [7, 11) is 0. The Bertz CT molecular complexity index is 1030. The van der Waals surface area contributed by atoms with Gasteiger partial charge in [0.05, 0.1) is 0 Å². The molecule has 0 bridgehead atoms. The van der Waals surface area contributed by atoms with Crippen LogP contribution in [0.1, 0.15) is 114 Å². The summed E-state index contributed by atoms with van der Waals surface area (Å²) in [6.07, 6.45) is 14.0. The molecule has 2 aromatic rings. The van der Waals surface area contributed by atoms with Crippen LogP contribution in [0.25, 0.3) is 0 Å². The number of aliphatic hydroxyl groups is 1. The molecule has 41 heavy (non-hydrogen) atoms. The van der Waals surface area contributed by atoms with Crippen molar-refractivity contribution >= 4 is 17.7 Å². The number of piperidine rings is 1. The average molecular weight is 564 g/mol. The van der Waals surface area contributed by atoms with E-state index in [1.54, 1.807) is 0 Å². The summed E-state index contributed by atoms with van der Waals surface area (Å²) >= 11 is 0. The predicted molar refractivity (Wildman–Crippen MR) is 162 cm³/mol. The van der Waals surface area contributed by atoms with Gasteiger partial charge in [-0.05, 0) is 56.1 Å². The van der Waals surface area contributed by atoms with Crippen LogP contribution in [0.5, 0.6) is 0 Å². The number of aliphatic hydroxyl groups excluding tert-OH is 1. The molecule has 1 unspecified atom stereocenters. The quantitative estimate of drug-likeness (QED) is 0.112. The van der Waals surface area contributed by atoms with Gasteiger partial charge in [0, 0.05) is 19.6 Å². The van der Waals surface area contributed by atoms with Crippen molar-refractivity contribution < 1.29 is 24.2 Å². The maximum absolute atomic E-state index is 13.5. The third-order valence-corrected chi connectivity index (χ3v) is 8.05. The molecule has 2 atom stereocenters. The highest BCUT2D eigenvalue weighted by Gasteiger charge is 2.36. The Hall–Kier alpha value is -2.99. The third-order valence-electron chi connectivity index (χ3n) is 8.05. The molecule has 1 saturated heterocycles. The SMILES string of the molecule is O=C(CCCCCCCCCCCCO)C(=O)N1CCCCC1C(=O)O[C@H](CCc1ccccc1)c1ccccc1. The highest BCUT2D eigenvalue weighted by molar-refractivity contribution is 6.36. The van der Waals surface area contributed by atoms with Crippen LogP contribution in [0.4, 0.5) is 0 Å². The largest absolute Gasteiger partial charge is 0.456 e. The fourth-order valence-electron chi connectivity index (χ4n) is 5.62. The highest BCUT2D eigenvalue weighted by atomic mass is 16.5. The minimum atomic E-state index is -0.708. The predicted octanol–water partition coefficient (Wildman–Crippen LogP) is 7.14. The van der Waals surface area contributed by atoms with E-state index in [0.717, 1.165) is 56.9 Å². The van der Waals surface area contributed by atoms with Gasteiger partial charge in [-0.15, -0.1) is 0 Å². The molecule has 0 aliphatic carbocycles. The van der Waals surface area contributed by atoms with Gasteiger partial charge in [-0.2, -0.15) is 0 Å². The molecular formula is C35H49NO5. The smallest absolute Gasteiger partial charge is 0.329 e. The van der Waals surface area contributed by atoms with E-state index in [1.165, 1.54) is 36.1 Å². The fourth-order valence-corrected chi connectivity index (χ4v) is 5.62. The Morgan fingerprint density at radius 2 is 1.37 bits per heavy atom. The molecule has 1 aliphatic rings. The van der Waals surface area contributed by atoms with E-state index in [0.29, 0.717) is 25.8 Å². The first-order valence-electron chi connectivity index (χ1n) is 15.8. The molecule has 3 rings (SSSR count). The lowest BCUT2D eigenvalue weighted by atomic mass is 9.99. The van der Waals surface area contributed by atoms with Crippen LogP contribution in [-0.2, 0) is 25.5 Å². The number of carbonyl (C=O) groups is 3. The molecule has 1 N–H and O–H groups in total. The summed E-state index contributed by atoms with van der Waals surface area (Å²) < 4.78 is 6.08. The van der Waals surface area contributed by atoms with E-state index in [-0.39, 0.29) is 13.0 Å². The molecule has 1 aliphatic heterocycles. The van der Waals surface area contributed by atoms with E-state index in [9.17, 15) is 14.4 Å². The van der Waals surface area contributed by atoms with E-state index >= 15 is 0 Å². The van der Waals surface area contributed by atoms with Crippen molar-refractivity contribution in [3.8, 4) is 0 Å². The van der Waals surface area contributed by atoms with E-state index in [2.05, 4.69) is 12.1 Å². The van der Waals surface area contributed by atoms with Crippen molar-refractivity contribution in [2.45, 2.75) is 115 Å². The number of unbranched alkanes of at least 4 members (excludes halogenated alkanes) is 9. The summed E-state index contributed by atoms with van der Waals surface area (Å²) in [6, 6.07) is 19.2. The number of Topliss-reactive ketones (excluding diaryl/α,β-unsaturated/α-hetero) is 1.